The lowest BCUT2D eigenvalue weighted by molar-refractivity contribution is -0.275. The van der Waals surface area contributed by atoms with Gasteiger partial charge in [0.25, 0.3) is 10.0 Å². The maximum Gasteiger partial charge on any atom is 0.573 e. The first-order valence-corrected chi connectivity index (χ1v) is 14.9. The second kappa shape index (κ2) is 11.6. The average molecular weight is 665 g/mol. The summed E-state index contributed by atoms with van der Waals surface area (Å²) in [6.07, 6.45) is -11.1. The molecule has 0 bridgehead atoms. The summed E-state index contributed by atoms with van der Waals surface area (Å²) in [5, 5.41) is 9.19. The fraction of sp³-hybridized carbons (Fsp3) is 0.321. The Morgan fingerprint density at radius 1 is 1.00 bits per heavy atom. The molecule has 0 radical (unpaired) electrons. The second-order valence-electron chi connectivity index (χ2n) is 10.2. The van der Waals surface area contributed by atoms with Crippen LogP contribution in [0.5, 0.6) is 11.5 Å². The number of carbonyl (C=O) groups is 1. The van der Waals surface area contributed by atoms with Crippen LogP contribution in [-0.4, -0.2) is 51.6 Å². The first-order chi connectivity index (χ1) is 20.5. The molecule has 0 saturated carbocycles. The standard InChI is InChI=1S/C28H23ClF6N2O6S/c29-21-5-2-6-24(43-28(33,34)35)26(21)16-13-36(14-16)18-7-9-23-22(12-18)37(15-19(42-23)8-10-25(38)39)44(40,41)20-4-1-3-17(11-20)27(30,31)32/h1-7,9,11-12,16,19H,8,10,13-15H2,(H,38,39)/t19-/m0/s1. The quantitative estimate of drug-likeness (QED) is 0.268. The maximum atomic E-state index is 13.8. The normalized spacial score (nSPS) is 17.5. The minimum atomic E-state index is -4.93. The van der Waals surface area contributed by atoms with Gasteiger partial charge >= 0.3 is 18.5 Å². The Kier molecular flexibility index (Phi) is 8.31. The number of benzene rings is 3. The lowest BCUT2D eigenvalue weighted by Gasteiger charge is -2.43. The minimum Gasteiger partial charge on any atom is -0.486 e. The Balaban J connectivity index is 1.46. The first kappa shape index (κ1) is 31.6. The van der Waals surface area contributed by atoms with Crippen LogP contribution in [0.4, 0.5) is 37.7 Å². The van der Waals surface area contributed by atoms with E-state index in [4.69, 9.17) is 21.4 Å². The number of hydrogen-bond acceptors (Lipinski definition) is 6. The largest absolute Gasteiger partial charge is 0.573 e. The van der Waals surface area contributed by atoms with Crippen molar-refractivity contribution in [2.24, 2.45) is 0 Å². The van der Waals surface area contributed by atoms with E-state index in [0.29, 0.717) is 11.8 Å². The van der Waals surface area contributed by atoms with Gasteiger partial charge in [-0.05, 0) is 55.0 Å². The molecule has 0 unspecified atom stereocenters. The predicted octanol–water partition coefficient (Wildman–Crippen LogP) is 6.68. The van der Waals surface area contributed by atoms with Crippen LogP contribution < -0.4 is 18.7 Å². The fourth-order valence-corrected chi connectivity index (χ4v) is 6.98. The molecule has 1 N–H and O–H groups in total. The molecule has 3 aromatic rings. The van der Waals surface area contributed by atoms with E-state index in [1.807, 2.05) is 0 Å². The van der Waals surface area contributed by atoms with Crippen molar-refractivity contribution in [2.45, 2.75) is 42.3 Å². The van der Waals surface area contributed by atoms with Crippen molar-refractivity contribution in [1.82, 2.24) is 0 Å². The van der Waals surface area contributed by atoms with Gasteiger partial charge in [-0.3, -0.25) is 9.10 Å². The van der Waals surface area contributed by atoms with Crippen molar-refractivity contribution in [3.63, 3.8) is 0 Å². The highest BCUT2D eigenvalue weighted by atomic mass is 35.5. The minimum absolute atomic E-state index is 0.00812. The van der Waals surface area contributed by atoms with Gasteiger partial charge < -0.3 is 19.5 Å². The smallest absolute Gasteiger partial charge is 0.486 e. The number of alkyl halides is 6. The second-order valence-corrected chi connectivity index (χ2v) is 12.5. The van der Waals surface area contributed by atoms with Crippen LogP contribution in [0, 0.1) is 0 Å². The van der Waals surface area contributed by atoms with Crippen LogP contribution >= 0.6 is 11.6 Å². The zero-order valence-corrected chi connectivity index (χ0v) is 24.0. The van der Waals surface area contributed by atoms with Crippen molar-refractivity contribution in [2.75, 3.05) is 28.8 Å². The molecule has 0 aromatic heterocycles. The van der Waals surface area contributed by atoms with E-state index in [2.05, 4.69) is 4.74 Å². The summed E-state index contributed by atoms with van der Waals surface area (Å²) in [5.74, 6) is -1.97. The van der Waals surface area contributed by atoms with Gasteiger partial charge in [-0.2, -0.15) is 13.2 Å². The van der Waals surface area contributed by atoms with Gasteiger partial charge in [0.05, 0.1) is 22.7 Å². The molecule has 16 heteroatoms. The summed E-state index contributed by atoms with van der Waals surface area (Å²) in [4.78, 5) is 12.3. The lowest BCUT2D eigenvalue weighted by atomic mass is 9.90. The number of aliphatic carboxylic acids is 1. The molecule has 0 aliphatic carbocycles. The number of hydrogen-bond donors (Lipinski definition) is 1. The van der Waals surface area contributed by atoms with Crippen molar-refractivity contribution in [3.05, 3.63) is 76.8 Å². The Hall–Kier alpha value is -3.85. The van der Waals surface area contributed by atoms with Gasteiger partial charge in [0.1, 0.15) is 17.6 Å². The van der Waals surface area contributed by atoms with Gasteiger partial charge in [0, 0.05) is 41.7 Å². The summed E-state index contributed by atoms with van der Waals surface area (Å²) >= 11 is 6.22. The Labute approximate surface area is 252 Å². The van der Waals surface area contributed by atoms with E-state index in [9.17, 15) is 39.6 Å². The van der Waals surface area contributed by atoms with Crippen molar-refractivity contribution in [1.29, 1.82) is 0 Å². The third-order valence-corrected chi connectivity index (χ3v) is 9.30. The molecule has 8 nitrogen and oxygen atoms in total. The molecule has 2 aliphatic heterocycles. The van der Waals surface area contributed by atoms with Gasteiger partial charge in [-0.25, -0.2) is 8.42 Å². The van der Waals surface area contributed by atoms with E-state index in [0.717, 1.165) is 28.6 Å². The zero-order chi connectivity index (χ0) is 32.0. The highest BCUT2D eigenvalue weighted by molar-refractivity contribution is 7.92. The van der Waals surface area contributed by atoms with E-state index in [1.54, 1.807) is 11.0 Å². The molecule has 2 aliphatic rings. The Bertz CT molecular complexity index is 1680. The third-order valence-electron chi connectivity index (χ3n) is 7.20. The molecule has 1 atom stereocenters. The molecule has 0 spiro atoms. The van der Waals surface area contributed by atoms with Gasteiger partial charge in [0.15, 0.2) is 0 Å². The number of sulfonamides is 1. The molecule has 1 saturated heterocycles. The summed E-state index contributed by atoms with van der Waals surface area (Å²) in [5.41, 5.74) is -0.529. The highest BCUT2D eigenvalue weighted by Gasteiger charge is 2.40. The molecule has 2 heterocycles. The molecule has 1 fully saturated rings. The van der Waals surface area contributed by atoms with Crippen LogP contribution in [-0.2, 0) is 21.0 Å². The Morgan fingerprint density at radius 2 is 1.70 bits per heavy atom. The van der Waals surface area contributed by atoms with Crippen molar-refractivity contribution < 1.29 is 54.1 Å². The first-order valence-electron chi connectivity index (χ1n) is 13.0. The van der Waals surface area contributed by atoms with Crippen LogP contribution in [0.25, 0.3) is 0 Å². The number of carboxylic acids is 1. The van der Waals surface area contributed by atoms with Crippen LogP contribution in [0.3, 0.4) is 0 Å². The number of ether oxygens (including phenoxy) is 2. The lowest BCUT2D eigenvalue weighted by Crippen LogP contribution is -2.46. The zero-order valence-electron chi connectivity index (χ0n) is 22.4. The van der Waals surface area contributed by atoms with E-state index < -0.39 is 56.8 Å². The number of carboxylic acid groups (broad SMARTS) is 1. The van der Waals surface area contributed by atoms with Crippen LogP contribution in [0.2, 0.25) is 5.02 Å². The van der Waals surface area contributed by atoms with Crippen LogP contribution in [0.1, 0.15) is 29.9 Å². The molecular weight excluding hydrogens is 642 g/mol. The number of fused-ring (bicyclic) bond motifs is 1. The molecule has 236 valence electrons. The number of halogens is 7. The SMILES string of the molecule is O=C(O)CC[C@H]1CN(S(=O)(=O)c2cccc(C(F)(F)F)c2)c2cc(N3CC(c4c(Cl)cccc4OC(F)(F)F)C3)ccc2O1. The summed E-state index contributed by atoms with van der Waals surface area (Å²) < 4.78 is 117. The molecule has 3 aromatic carbocycles. The molecule has 44 heavy (non-hydrogen) atoms. The molecule has 5 rings (SSSR count). The molecule has 0 amide bonds. The van der Waals surface area contributed by atoms with E-state index >= 15 is 0 Å². The third kappa shape index (κ3) is 6.62. The highest BCUT2D eigenvalue weighted by Crippen LogP contribution is 2.45. The topological polar surface area (TPSA) is 96.4 Å². The van der Waals surface area contributed by atoms with Crippen molar-refractivity contribution >= 4 is 39.0 Å². The van der Waals surface area contributed by atoms with Crippen LogP contribution in [0.15, 0.2) is 65.6 Å². The van der Waals surface area contributed by atoms with Crippen molar-refractivity contribution in [3.8, 4) is 11.5 Å². The molecular formula is C28H23ClF6N2O6S. The fourth-order valence-electron chi connectivity index (χ4n) is 5.12. The Morgan fingerprint density at radius 3 is 2.36 bits per heavy atom. The maximum absolute atomic E-state index is 13.8. The summed E-state index contributed by atoms with van der Waals surface area (Å²) in [7, 11) is -4.60. The van der Waals surface area contributed by atoms with Gasteiger partial charge in [-0.15, -0.1) is 13.2 Å². The number of rotatable bonds is 8. The average Bonchev–Trinajstić information content (AvgIpc) is 2.91. The number of anilines is 2. The van der Waals surface area contributed by atoms with E-state index in [1.165, 1.54) is 24.3 Å². The summed E-state index contributed by atoms with van der Waals surface area (Å²) in [6.45, 7) is 0.0150. The predicted molar refractivity (Wildman–Crippen MR) is 147 cm³/mol. The summed E-state index contributed by atoms with van der Waals surface area (Å²) in [6, 6.07) is 11.7. The number of nitrogens with zero attached hydrogens (tertiary/aromatic N) is 2. The van der Waals surface area contributed by atoms with Gasteiger partial charge in [0.2, 0.25) is 0 Å². The van der Waals surface area contributed by atoms with E-state index in [-0.39, 0.29) is 54.5 Å². The monoisotopic (exact) mass is 664 g/mol. The van der Waals surface area contributed by atoms with Gasteiger partial charge in [-0.1, -0.05) is 23.7 Å².